The molecule has 2 aromatic carbocycles. The molecule has 0 atom stereocenters. The van der Waals surface area contributed by atoms with Gasteiger partial charge in [0, 0.05) is 11.1 Å². The van der Waals surface area contributed by atoms with Crippen molar-refractivity contribution in [2.75, 3.05) is 35.5 Å². The Morgan fingerprint density at radius 1 is 0.593 bits per heavy atom. The number of ether oxygens (including phenoxy) is 5. The van der Waals surface area contributed by atoms with Crippen molar-refractivity contribution in [3.05, 3.63) is 39.9 Å². The Bertz CT molecular complexity index is 960. The van der Waals surface area contributed by atoms with Gasteiger partial charge in [0.05, 0.1) is 46.7 Å². The zero-order valence-corrected chi connectivity index (χ0v) is 16.0. The maximum Gasteiger partial charge on any atom is 0.204 e. The van der Waals surface area contributed by atoms with Gasteiger partial charge in [-0.15, -0.1) is 0 Å². The van der Waals surface area contributed by atoms with E-state index in [2.05, 4.69) is 0 Å². The number of hydrogen-bond donors (Lipinski definition) is 0. The Morgan fingerprint density at radius 3 is 1.67 bits per heavy atom. The smallest absolute Gasteiger partial charge is 0.204 e. The van der Waals surface area contributed by atoms with E-state index in [0.717, 1.165) is 0 Å². The second kappa shape index (κ2) is 6.83. The summed E-state index contributed by atoms with van der Waals surface area (Å²) < 4.78 is 26.8. The van der Waals surface area contributed by atoms with Crippen molar-refractivity contribution in [3.8, 4) is 28.7 Å². The minimum Gasteiger partial charge on any atom is -0.493 e. The van der Waals surface area contributed by atoms with Gasteiger partial charge in [0.15, 0.2) is 28.8 Å². The molecular formula is C20H20O7. The van der Waals surface area contributed by atoms with Crippen LogP contribution in [0.1, 0.15) is 37.4 Å². The number of fused-ring (bicyclic) bond motifs is 2. The normalized spacial score (nSPS) is 12.2. The minimum atomic E-state index is -0.406. The predicted octanol–water partition coefficient (Wildman–Crippen LogP) is 2.81. The fourth-order valence-electron chi connectivity index (χ4n) is 3.45. The molecule has 0 saturated carbocycles. The van der Waals surface area contributed by atoms with Crippen molar-refractivity contribution in [2.45, 2.75) is 6.92 Å². The van der Waals surface area contributed by atoms with Crippen molar-refractivity contribution < 1.29 is 33.3 Å². The molecule has 0 N–H and O–H groups in total. The van der Waals surface area contributed by atoms with E-state index in [9.17, 15) is 9.59 Å². The molecule has 0 bridgehead atoms. The van der Waals surface area contributed by atoms with Crippen molar-refractivity contribution in [3.63, 3.8) is 0 Å². The Hall–Kier alpha value is -3.22. The average molecular weight is 372 g/mol. The highest BCUT2D eigenvalue weighted by molar-refractivity contribution is 6.31. The highest BCUT2D eigenvalue weighted by Gasteiger charge is 2.39. The van der Waals surface area contributed by atoms with Crippen molar-refractivity contribution in [1.29, 1.82) is 0 Å². The van der Waals surface area contributed by atoms with Gasteiger partial charge in [-0.25, -0.2) is 0 Å². The van der Waals surface area contributed by atoms with Crippen LogP contribution in [0, 0.1) is 6.92 Å². The molecule has 0 fully saturated rings. The molecule has 0 heterocycles. The standard InChI is InChI=1S/C20H20O7/c1-9-7-11(23-2)18(25-4)15-13(9)16(21)10-8-12(24-3)19(26-5)20(27-6)14(10)17(15)22/h7-8H,1-6H3. The minimum absolute atomic E-state index is 0.110. The summed E-state index contributed by atoms with van der Waals surface area (Å²) >= 11 is 0. The Labute approximate surface area is 156 Å². The second-order valence-electron chi connectivity index (χ2n) is 5.91. The van der Waals surface area contributed by atoms with Gasteiger partial charge >= 0.3 is 0 Å². The molecule has 7 heteroatoms. The summed E-state index contributed by atoms with van der Waals surface area (Å²) in [6, 6.07) is 3.17. The van der Waals surface area contributed by atoms with Gasteiger partial charge in [-0.05, 0) is 24.6 Å². The molecule has 1 aliphatic rings. The number of aryl methyl sites for hydroxylation is 1. The predicted molar refractivity (Wildman–Crippen MR) is 97.2 cm³/mol. The third-order valence-electron chi connectivity index (χ3n) is 4.62. The van der Waals surface area contributed by atoms with Gasteiger partial charge in [-0.2, -0.15) is 0 Å². The Kier molecular flexibility index (Phi) is 4.70. The SMILES string of the molecule is COc1cc2c(c(OC)c1OC)C(=O)c1c(OC)c(OC)cc(C)c1C2=O. The summed E-state index contributed by atoms with van der Waals surface area (Å²) in [7, 11) is 7.18. The summed E-state index contributed by atoms with van der Waals surface area (Å²) in [6.07, 6.45) is 0. The van der Waals surface area contributed by atoms with E-state index in [-0.39, 0.29) is 45.3 Å². The molecule has 142 valence electrons. The van der Waals surface area contributed by atoms with Crippen molar-refractivity contribution in [1.82, 2.24) is 0 Å². The lowest BCUT2D eigenvalue weighted by Gasteiger charge is -2.25. The molecule has 7 nitrogen and oxygen atoms in total. The summed E-state index contributed by atoms with van der Waals surface area (Å²) in [5.74, 6) is 0.529. The van der Waals surface area contributed by atoms with Crippen LogP contribution < -0.4 is 23.7 Å². The van der Waals surface area contributed by atoms with Crippen molar-refractivity contribution >= 4 is 11.6 Å². The van der Waals surface area contributed by atoms with E-state index < -0.39 is 5.78 Å². The molecule has 2 aromatic rings. The summed E-state index contributed by atoms with van der Waals surface area (Å²) in [5.41, 5.74) is 1.34. The molecule has 0 amide bonds. The van der Waals surface area contributed by atoms with Gasteiger partial charge in [0.1, 0.15) is 0 Å². The maximum atomic E-state index is 13.4. The van der Waals surface area contributed by atoms with Gasteiger partial charge < -0.3 is 23.7 Å². The molecule has 1 aliphatic carbocycles. The fourth-order valence-corrected chi connectivity index (χ4v) is 3.45. The van der Waals surface area contributed by atoms with Crippen LogP contribution >= 0.6 is 0 Å². The third kappa shape index (κ3) is 2.50. The van der Waals surface area contributed by atoms with E-state index in [1.54, 1.807) is 13.0 Å². The first kappa shape index (κ1) is 18.6. The molecule has 3 rings (SSSR count). The number of ketones is 2. The molecule has 0 saturated heterocycles. The van der Waals surface area contributed by atoms with Gasteiger partial charge in [0.2, 0.25) is 11.5 Å². The molecule has 27 heavy (non-hydrogen) atoms. The lowest BCUT2D eigenvalue weighted by atomic mass is 9.80. The quantitative estimate of drug-likeness (QED) is 0.681. The highest BCUT2D eigenvalue weighted by atomic mass is 16.5. The van der Waals surface area contributed by atoms with E-state index >= 15 is 0 Å². The van der Waals surface area contributed by atoms with E-state index in [4.69, 9.17) is 23.7 Å². The van der Waals surface area contributed by atoms with Crippen LogP contribution in [-0.2, 0) is 0 Å². The first-order valence-electron chi connectivity index (χ1n) is 8.12. The first-order valence-corrected chi connectivity index (χ1v) is 8.12. The lowest BCUT2D eigenvalue weighted by Crippen LogP contribution is -2.24. The van der Waals surface area contributed by atoms with Gasteiger partial charge in [-0.1, -0.05) is 0 Å². The fraction of sp³-hybridized carbons (Fsp3) is 0.300. The molecule has 0 aliphatic heterocycles. The Balaban J connectivity index is 2.44. The summed E-state index contributed by atoms with van der Waals surface area (Å²) in [5, 5.41) is 0. The molecule has 0 aromatic heterocycles. The topological polar surface area (TPSA) is 80.3 Å². The zero-order chi connectivity index (χ0) is 19.9. The van der Waals surface area contributed by atoms with Crippen LogP contribution in [0.25, 0.3) is 0 Å². The molecular weight excluding hydrogens is 352 g/mol. The van der Waals surface area contributed by atoms with Crippen LogP contribution in [0.2, 0.25) is 0 Å². The van der Waals surface area contributed by atoms with Crippen molar-refractivity contribution in [2.24, 2.45) is 0 Å². The van der Waals surface area contributed by atoms with Crippen LogP contribution in [-0.4, -0.2) is 47.1 Å². The first-order chi connectivity index (χ1) is 12.9. The van der Waals surface area contributed by atoms with Gasteiger partial charge in [-0.3, -0.25) is 9.59 Å². The number of methoxy groups -OCH3 is 5. The largest absolute Gasteiger partial charge is 0.493 e. The van der Waals surface area contributed by atoms with Crippen LogP contribution in [0.5, 0.6) is 28.7 Å². The highest BCUT2D eigenvalue weighted by Crippen LogP contribution is 2.48. The zero-order valence-electron chi connectivity index (χ0n) is 16.0. The maximum absolute atomic E-state index is 13.4. The van der Waals surface area contributed by atoms with Crippen LogP contribution in [0.3, 0.4) is 0 Å². The molecule has 0 radical (unpaired) electrons. The van der Waals surface area contributed by atoms with E-state index in [1.807, 2.05) is 0 Å². The number of benzene rings is 2. The summed E-state index contributed by atoms with van der Waals surface area (Å²) in [4.78, 5) is 26.7. The third-order valence-corrected chi connectivity index (χ3v) is 4.62. The lowest BCUT2D eigenvalue weighted by molar-refractivity contribution is 0.0971. The number of hydrogen-bond acceptors (Lipinski definition) is 7. The van der Waals surface area contributed by atoms with E-state index in [1.165, 1.54) is 41.6 Å². The summed E-state index contributed by atoms with van der Waals surface area (Å²) in [6.45, 7) is 1.74. The number of carbonyl (C=O) groups is 2. The van der Waals surface area contributed by atoms with Gasteiger partial charge in [0.25, 0.3) is 0 Å². The Morgan fingerprint density at radius 2 is 1.15 bits per heavy atom. The number of carbonyl (C=O) groups excluding carboxylic acids is 2. The number of rotatable bonds is 5. The average Bonchev–Trinajstić information content (AvgIpc) is 2.69. The van der Waals surface area contributed by atoms with Crippen LogP contribution in [0.4, 0.5) is 0 Å². The van der Waals surface area contributed by atoms with Crippen LogP contribution in [0.15, 0.2) is 12.1 Å². The second-order valence-corrected chi connectivity index (χ2v) is 5.91. The molecule has 0 unspecified atom stereocenters. The van der Waals surface area contributed by atoms with E-state index in [0.29, 0.717) is 17.1 Å². The molecule has 0 spiro atoms. The monoisotopic (exact) mass is 372 g/mol.